The minimum Gasteiger partial charge on any atom is -0.489 e. The molecule has 0 amide bonds. The number of hydrogen-bond acceptors (Lipinski definition) is 3. The van der Waals surface area contributed by atoms with Crippen LogP contribution in [-0.2, 0) is 11.4 Å². The first kappa shape index (κ1) is 10.9. The number of aryl methyl sites for hydroxylation is 1. The standard InChI is InChI=1S/C11H14BrNO2/c1-7-4-8(6-14-13)11(10(12)5-7)15-9-2-3-9/h4-5,9H,2-3,6,13H2,1H3. The van der Waals surface area contributed by atoms with Crippen LogP contribution >= 0.6 is 15.9 Å². The first-order valence-electron chi connectivity index (χ1n) is 4.98. The summed E-state index contributed by atoms with van der Waals surface area (Å²) in [4.78, 5) is 4.68. The summed E-state index contributed by atoms with van der Waals surface area (Å²) in [7, 11) is 0. The van der Waals surface area contributed by atoms with E-state index in [9.17, 15) is 0 Å². The zero-order chi connectivity index (χ0) is 10.8. The average molecular weight is 272 g/mol. The first-order chi connectivity index (χ1) is 7.20. The average Bonchev–Trinajstić information content (AvgIpc) is 2.95. The van der Waals surface area contributed by atoms with Crippen LogP contribution in [0, 0.1) is 6.92 Å². The number of rotatable bonds is 4. The fraction of sp³-hybridized carbons (Fsp3) is 0.455. The highest BCUT2D eigenvalue weighted by Crippen LogP contribution is 2.36. The quantitative estimate of drug-likeness (QED) is 0.857. The predicted octanol–water partition coefficient (Wildman–Crippen LogP) is 2.69. The van der Waals surface area contributed by atoms with E-state index in [4.69, 9.17) is 10.6 Å². The van der Waals surface area contributed by atoms with Crippen molar-refractivity contribution < 1.29 is 9.57 Å². The summed E-state index contributed by atoms with van der Waals surface area (Å²) < 4.78 is 6.79. The zero-order valence-corrected chi connectivity index (χ0v) is 10.2. The first-order valence-corrected chi connectivity index (χ1v) is 5.77. The van der Waals surface area contributed by atoms with Crippen molar-refractivity contribution in [2.45, 2.75) is 32.5 Å². The Morgan fingerprint density at radius 3 is 2.80 bits per heavy atom. The van der Waals surface area contributed by atoms with E-state index >= 15 is 0 Å². The normalized spacial score (nSPS) is 15.4. The second kappa shape index (κ2) is 4.51. The summed E-state index contributed by atoms with van der Waals surface area (Å²) in [5, 5.41) is 0. The molecule has 0 radical (unpaired) electrons. The molecule has 15 heavy (non-hydrogen) atoms. The number of hydrogen-bond donors (Lipinski definition) is 1. The minimum atomic E-state index is 0.375. The SMILES string of the molecule is Cc1cc(Br)c(OC2CC2)c(CON)c1. The van der Waals surface area contributed by atoms with Gasteiger partial charge in [-0.05, 0) is 53.4 Å². The van der Waals surface area contributed by atoms with E-state index in [0.717, 1.165) is 34.2 Å². The summed E-state index contributed by atoms with van der Waals surface area (Å²) in [5.74, 6) is 5.97. The molecule has 0 aliphatic heterocycles. The molecule has 0 unspecified atom stereocenters. The van der Waals surface area contributed by atoms with Crippen molar-refractivity contribution in [1.82, 2.24) is 0 Å². The van der Waals surface area contributed by atoms with Gasteiger partial charge in [-0.15, -0.1) is 0 Å². The molecule has 3 nitrogen and oxygen atoms in total. The molecular weight excluding hydrogens is 258 g/mol. The Balaban J connectivity index is 2.29. The maximum atomic E-state index is 5.81. The van der Waals surface area contributed by atoms with E-state index in [-0.39, 0.29) is 0 Å². The molecule has 0 saturated heterocycles. The lowest BCUT2D eigenvalue weighted by molar-refractivity contribution is 0.120. The van der Waals surface area contributed by atoms with E-state index < -0.39 is 0 Å². The minimum absolute atomic E-state index is 0.375. The molecule has 0 aromatic heterocycles. The van der Waals surface area contributed by atoms with Crippen LogP contribution in [0.1, 0.15) is 24.0 Å². The smallest absolute Gasteiger partial charge is 0.139 e. The van der Waals surface area contributed by atoms with Crippen molar-refractivity contribution in [2.75, 3.05) is 0 Å². The molecule has 0 spiro atoms. The van der Waals surface area contributed by atoms with Gasteiger partial charge in [0, 0.05) is 5.56 Å². The third-order valence-corrected chi connectivity index (χ3v) is 2.90. The molecule has 2 N–H and O–H groups in total. The highest BCUT2D eigenvalue weighted by molar-refractivity contribution is 9.10. The van der Waals surface area contributed by atoms with Crippen molar-refractivity contribution in [3.05, 3.63) is 27.7 Å². The van der Waals surface area contributed by atoms with Gasteiger partial charge in [-0.1, -0.05) is 0 Å². The Hall–Kier alpha value is -0.580. The van der Waals surface area contributed by atoms with Gasteiger partial charge >= 0.3 is 0 Å². The molecule has 1 saturated carbocycles. The van der Waals surface area contributed by atoms with Gasteiger partial charge in [-0.25, -0.2) is 5.90 Å². The lowest BCUT2D eigenvalue weighted by atomic mass is 10.1. The third-order valence-electron chi connectivity index (χ3n) is 2.31. The molecule has 4 heteroatoms. The molecule has 1 aromatic carbocycles. The molecule has 1 aliphatic rings. The highest BCUT2D eigenvalue weighted by Gasteiger charge is 2.25. The van der Waals surface area contributed by atoms with E-state index in [1.54, 1.807) is 0 Å². The van der Waals surface area contributed by atoms with E-state index in [1.165, 1.54) is 0 Å². The molecule has 1 fully saturated rings. The van der Waals surface area contributed by atoms with Gasteiger partial charge < -0.3 is 4.74 Å². The largest absolute Gasteiger partial charge is 0.489 e. The lowest BCUT2D eigenvalue weighted by Crippen LogP contribution is -2.05. The predicted molar refractivity (Wildman–Crippen MR) is 61.5 cm³/mol. The van der Waals surface area contributed by atoms with Crippen LogP contribution in [0.4, 0.5) is 0 Å². The van der Waals surface area contributed by atoms with Crippen molar-refractivity contribution in [3.63, 3.8) is 0 Å². The van der Waals surface area contributed by atoms with E-state index in [0.29, 0.717) is 12.7 Å². The van der Waals surface area contributed by atoms with E-state index in [2.05, 4.69) is 20.8 Å². The Labute approximate surface area is 97.6 Å². The second-order valence-corrected chi connectivity index (χ2v) is 4.72. The summed E-state index contributed by atoms with van der Waals surface area (Å²) in [6.07, 6.45) is 2.66. The molecule has 2 rings (SSSR count). The van der Waals surface area contributed by atoms with Crippen LogP contribution in [0.15, 0.2) is 16.6 Å². The van der Waals surface area contributed by atoms with Gasteiger partial charge in [-0.3, -0.25) is 4.84 Å². The van der Waals surface area contributed by atoms with Crippen LogP contribution < -0.4 is 10.6 Å². The zero-order valence-electron chi connectivity index (χ0n) is 8.63. The summed E-state index contributed by atoms with van der Waals surface area (Å²) in [6, 6.07) is 4.08. The van der Waals surface area contributed by atoms with Gasteiger partial charge in [0.1, 0.15) is 5.75 Å². The number of ether oxygens (including phenoxy) is 1. The Morgan fingerprint density at radius 2 is 2.20 bits per heavy atom. The van der Waals surface area contributed by atoms with Crippen LogP contribution in [-0.4, -0.2) is 6.10 Å². The van der Waals surface area contributed by atoms with Crippen molar-refractivity contribution in [1.29, 1.82) is 0 Å². The molecule has 0 bridgehead atoms. The summed E-state index contributed by atoms with van der Waals surface area (Å²) >= 11 is 3.50. The van der Waals surface area contributed by atoms with E-state index in [1.807, 2.05) is 19.1 Å². The second-order valence-electron chi connectivity index (χ2n) is 3.86. The number of nitrogens with two attached hydrogens (primary N) is 1. The van der Waals surface area contributed by atoms with Crippen molar-refractivity contribution >= 4 is 15.9 Å². The molecule has 1 aromatic rings. The summed E-state index contributed by atoms with van der Waals surface area (Å²) in [5.41, 5.74) is 2.16. The Bertz CT molecular complexity index is 364. The Kier molecular flexibility index (Phi) is 3.29. The fourth-order valence-electron chi connectivity index (χ4n) is 1.48. The van der Waals surface area contributed by atoms with Crippen molar-refractivity contribution in [3.8, 4) is 5.75 Å². The topological polar surface area (TPSA) is 44.5 Å². The molecular formula is C11H14BrNO2. The number of benzene rings is 1. The monoisotopic (exact) mass is 271 g/mol. The van der Waals surface area contributed by atoms with Gasteiger partial charge in [0.25, 0.3) is 0 Å². The van der Waals surface area contributed by atoms with Gasteiger partial charge in [0.2, 0.25) is 0 Å². The van der Waals surface area contributed by atoms with Gasteiger partial charge in [0.05, 0.1) is 17.2 Å². The molecule has 1 aliphatic carbocycles. The number of halogens is 1. The van der Waals surface area contributed by atoms with Gasteiger partial charge in [0.15, 0.2) is 0 Å². The maximum Gasteiger partial charge on any atom is 0.139 e. The fourth-order valence-corrected chi connectivity index (χ4v) is 2.19. The maximum absolute atomic E-state index is 5.81. The van der Waals surface area contributed by atoms with Gasteiger partial charge in [-0.2, -0.15) is 0 Å². The third kappa shape index (κ3) is 2.71. The molecule has 82 valence electrons. The molecule has 0 heterocycles. The highest BCUT2D eigenvalue weighted by atomic mass is 79.9. The van der Waals surface area contributed by atoms with Crippen LogP contribution in [0.5, 0.6) is 5.75 Å². The summed E-state index contributed by atoms with van der Waals surface area (Å²) in [6.45, 7) is 2.41. The van der Waals surface area contributed by atoms with Crippen molar-refractivity contribution in [2.24, 2.45) is 5.90 Å². The van der Waals surface area contributed by atoms with Crippen LogP contribution in [0.3, 0.4) is 0 Å². The molecule has 0 atom stereocenters. The lowest BCUT2D eigenvalue weighted by Gasteiger charge is -2.13. The Morgan fingerprint density at radius 1 is 1.47 bits per heavy atom. The van der Waals surface area contributed by atoms with Crippen LogP contribution in [0.2, 0.25) is 0 Å². The van der Waals surface area contributed by atoms with Crippen LogP contribution in [0.25, 0.3) is 0 Å².